The van der Waals surface area contributed by atoms with Gasteiger partial charge < -0.3 is 4.57 Å². The normalized spacial score (nSPS) is 10.8. The maximum atomic E-state index is 11.3. The molecular formula is C17H15NO. The third-order valence-electron chi connectivity index (χ3n) is 3.39. The fourth-order valence-electron chi connectivity index (χ4n) is 2.37. The molecule has 0 radical (unpaired) electrons. The van der Waals surface area contributed by atoms with E-state index in [1.807, 2.05) is 18.5 Å². The van der Waals surface area contributed by atoms with E-state index < -0.39 is 0 Å². The average Bonchev–Trinajstić information content (AvgIpc) is 2.88. The highest BCUT2D eigenvalue weighted by Crippen LogP contribution is 2.19. The molecule has 3 rings (SSSR count). The molecule has 0 aliphatic heterocycles. The highest BCUT2D eigenvalue weighted by molar-refractivity contribution is 5.93. The van der Waals surface area contributed by atoms with Crippen molar-refractivity contribution in [3.8, 4) is 0 Å². The van der Waals surface area contributed by atoms with Crippen LogP contribution in [0.4, 0.5) is 0 Å². The van der Waals surface area contributed by atoms with E-state index in [4.69, 9.17) is 0 Å². The summed E-state index contributed by atoms with van der Waals surface area (Å²) < 4.78 is 2.05. The van der Waals surface area contributed by atoms with Crippen molar-refractivity contribution in [2.24, 2.45) is 0 Å². The fourth-order valence-corrected chi connectivity index (χ4v) is 2.37. The molecule has 0 saturated carbocycles. The van der Waals surface area contributed by atoms with Gasteiger partial charge in [0, 0.05) is 24.5 Å². The van der Waals surface area contributed by atoms with Crippen molar-refractivity contribution in [1.29, 1.82) is 0 Å². The molecule has 2 nitrogen and oxygen atoms in total. The van der Waals surface area contributed by atoms with Crippen LogP contribution in [0.1, 0.15) is 22.8 Å². The lowest BCUT2D eigenvalue weighted by Crippen LogP contribution is -1.98. The molecule has 2 aromatic carbocycles. The monoisotopic (exact) mass is 249 g/mol. The van der Waals surface area contributed by atoms with E-state index in [0.29, 0.717) is 0 Å². The predicted molar refractivity (Wildman–Crippen MR) is 77.5 cm³/mol. The van der Waals surface area contributed by atoms with Crippen LogP contribution in [-0.4, -0.2) is 10.4 Å². The van der Waals surface area contributed by atoms with E-state index in [-0.39, 0.29) is 5.78 Å². The van der Waals surface area contributed by atoms with Gasteiger partial charge in [-0.3, -0.25) is 4.79 Å². The van der Waals surface area contributed by atoms with Gasteiger partial charge in [-0.05, 0) is 29.3 Å². The number of Topliss-reactive ketones (excluding diaryl/α,β-unsaturated/α-hetero) is 1. The first-order valence-corrected chi connectivity index (χ1v) is 6.37. The summed E-state index contributed by atoms with van der Waals surface area (Å²) in [5.74, 6) is 0.108. The zero-order valence-corrected chi connectivity index (χ0v) is 10.8. The highest BCUT2D eigenvalue weighted by Gasteiger charge is 2.04. The van der Waals surface area contributed by atoms with Crippen LogP contribution in [0.3, 0.4) is 0 Å². The number of carbonyl (C=O) groups is 1. The van der Waals surface area contributed by atoms with E-state index in [0.717, 1.165) is 12.1 Å². The first kappa shape index (κ1) is 11.7. The Morgan fingerprint density at radius 2 is 1.84 bits per heavy atom. The Morgan fingerprint density at radius 1 is 1.05 bits per heavy atom. The number of aromatic nitrogens is 1. The summed E-state index contributed by atoms with van der Waals surface area (Å²) in [6.07, 6.45) is 3.86. The van der Waals surface area contributed by atoms with Crippen molar-refractivity contribution in [2.45, 2.75) is 13.5 Å². The molecule has 0 unspecified atom stereocenters. The van der Waals surface area contributed by atoms with Gasteiger partial charge in [0.15, 0.2) is 5.78 Å². The molecule has 1 aromatic heterocycles. The standard InChI is InChI=1S/C17H15NO/c1-13(19)15-9-10-18(11-15)12-16-7-4-6-14-5-2-3-8-17(14)16/h2-11H,12H2,1H3. The summed E-state index contributed by atoms with van der Waals surface area (Å²) in [4.78, 5) is 11.3. The largest absolute Gasteiger partial charge is 0.349 e. The van der Waals surface area contributed by atoms with Crippen LogP contribution in [0, 0.1) is 0 Å². The minimum Gasteiger partial charge on any atom is -0.349 e. The number of hydrogen-bond donors (Lipinski definition) is 0. The van der Waals surface area contributed by atoms with Gasteiger partial charge in [-0.15, -0.1) is 0 Å². The van der Waals surface area contributed by atoms with E-state index in [2.05, 4.69) is 47.0 Å². The highest BCUT2D eigenvalue weighted by atomic mass is 16.1. The molecule has 0 bridgehead atoms. The quantitative estimate of drug-likeness (QED) is 0.645. The second-order valence-corrected chi connectivity index (χ2v) is 4.77. The maximum Gasteiger partial charge on any atom is 0.161 e. The Kier molecular flexibility index (Phi) is 2.92. The smallest absolute Gasteiger partial charge is 0.161 e. The van der Waals surface area contributed by atoms with Crippen molar-refractivity contribution >= 4 is 16.6 Å². The third-order valence-corrected chi connectivity index (χ3v) is 3.39. The van der Waals surface area contributed by atoms with Gasteiger partial charge in [0.25, 0.3) is 0 Å². The van der Waals surface area contributed by atoms with E-state index in [1.54, 1.807) is 6.92 Å². The van der Waals surface area contributed by atoms with Gasteiger partial charge in [-0.25, -0.2) is 0 Å². The van der Waals surface area contributed by atoms with E-state index in [1.165, 1.54) is 16.3 Å². The molecule has 0 spiro atoms. The van der Waals surface area contributed by atoms with Gasteiger partial charge in [-0.2, -0.15) is 0 Å². The van der Waals surface area contributed by atoms with Gasteiger partial charge in [0.05, 0.1) is 0 Å². The number of benzene rings is 2. The summed E-state index contributed by atoms with van der Waals surface area (Å²) in [5, 5.41) is 2.52. The predicted octanol–water partition coefficient (Wildman–Crippen LogP) is 3.89. The summed E-state index contributed by atoms with van der Waals surface area (Å²) in [6.45, 7) is 2.38. The number of nitrogens with zero attached hydrogens (tertiary/aromatic N) is 1. The molecule has 19 heavy (non-hydrogen) atoms. The summed E-state index contributed by atoms with van der Waals surface area (Å²) in [6, 6.07) is 16.6. The molecule has 0 fully saturated rings. The SMILES string of the molecule is CC(=O)c1ccn(Cc2cccc3ccccc23)c1. The topological polar surface area (TPSA) is 22.0 Å². The lowest BCUT2D eigenvalue weighted by molar-refractivity contribution is 0.101. The molecule has 1 heterocycles. The van der Waals surface area contributed by atoms with Crippen molar-refractivity contribution in [3.63, 3.8) is 0 Å². The maximum absolute atomic E-state index is 11.3. The van der Waals surface area contributed by atoms with E-state index in [9.17, 15) is 4.79 Å². The molecule has 0 N–H and O–H groups in total. The first-order valence-electron chi connectivity index (χ1n) is 6.37. The van der Waals surface area contributed by atoms with Crippen LogP contribution in [-0.2, 0) is 6.54 Å². The second kappa shape index (κ2) is 4.73. The Balaban J connectivity index is 1.98. The van der Waals surface area contributed by atoms with Crippen molar-refractivity contribution in [2.75, 3.05) is 0 Å². The minimum absolute atomic E-state index is 0.108. The van der Waals surface area contributed by atoms with Gasteiger partial charge in [-0.1, -0.05) is 42.5 Å². The Morgan fingerprint density at radius 3 is 2.63 bits per heavy atom. The number of fused-ring (bicyclic) bond motifs is 1. The van der Waals surface area contributed by atoms with Crippen LogP contribution in [0.5, 0.6) is 0 Å². The van der Waals surface area contributed by atoms with E-state index >= 15 is 0 Å². The molecular weight excluding hydrogens is 234 g/mol. The average molecular weight is 249 g/mol. The van der Waals surface area contributed by atoms with Crippen LogP contribution < -0.4 is 0 Å². The molecule has 2 heteroatoms. The number of carbonyl (C=O) groups excluding carboxylic acids is 1. The third kappa shape index (κ3) is 2.29. The molecule has 0 amide bonds. The Bertz CT molecular complexity index is 734. The van der Waals surface area contributed by atoms with Crippen molar-refractivity contribution in [1.82, 2.24) is 4.57 Å². The fraction of sp³-hybridized carbons (Fsp3) is 0.118. The van der Waals surface area contributed by atoms with Crippen molar-refractivity contribution < 1.29 is 4.79 Å². The zero-order chi connectivity index (χ0) is 13.2. The molecule has 0 aliphatic rings. The van der Waals surface area contributed by atoms with Crippen LogP contribution in [0.25, 0.3) is 10.8 Å². The Labute approximate surface area is 112 Å². The molecule has 0 atom stereocenters. The number of hydrogen-bond acceptors (Lipinski definition) is 1. The summed E-state index contributed by atoms with van der Waals surface area (Å²) >= 11 is 0. The number of ketones is 1. The van der Waals surface area contributed by atoms with Gasteiger partial charge in [0.2, 0.25) is 0 Å². The van der Waals surface area contributed by atoms with Crippen LogP contribution in [0.2, 0.25) is 0 Å². The second-order valence-electron chi connectivity index (χ2n) is 4.77. The summed E-state index contributed by atoms with van der Waals surface area (Å²) in [7, 11) is 0. The number of rotatable bonds is 3. The van der Waals surface area contributed by atoms with Crippen molar-refractivity contribution in [3.05, 3.63) is 72.1 Å². The molecule has 0 saturated heterocycles. The molecule has 3 aromatic rings. The van der Waals surface area contributed by atoms with Crippen LogP contribution in [0.15, 0.2) is 60.9 Å². The van der Waals surface area contributed by atoms with Gasteiger partial charge >= 0.3 is 0 Å². The molecule has 94 valence electrons. The van der Waals surface area contributed by atoms with Gasteiger partial charge in [0.1, 0.15) is 0 Å². The lowest BCUT2D eigenvalue weighted by Gasteiger charge is -2.07. The Hall–Kier alpha value is -2.35. The first-order chi connectivity index (χ1) is 9.24. The zero-order valence-electron chi connectivity index (χ0n) is 10.8. The summed E-state index contributed by atoms with van der Waals surface area (Å²) in [5.41, 5.74) is 2.03. The molecule has 0 aliphatic carbocycles. The lowest BCUT2D eigenvalue weighted by atomic mass is 10.0. The minimum atomic E-state index is 0.108. The van der Waals surface area contributed by atoms with Crippen LogP contribution >= 0.6 is 0 Å².